The molecule has 1 saturated heterocycles. The number of benzene rings is 1. The molecule has 0 aromatic heterocycles. The number of likely N-dealkylation sites (tertiary alicyclic amines) is 1. The molecule has 1 heterocycles. The summed E-state index contributed by atoms with van der Waals surface area (Å²) in [5, 5.41) is 3.07. The summed E-state index contributed by atoms with van der Waals surface area (Å²) in [7, 11) is 2.04. The maximum absolute atomic E-state index is 12.4. The number of nitrogens with one attached hydrogen (secondary N) is 1. The van der Waals surface area contributed by atoms with Crippen molar-refractivity contribution >= 4 is 29.2 Å². The monoisotopic (exact) mass is 307 g/mol. The fourth-order valence-corrected chi connectivity index (χ4v) is 3.41. The number of rotatable bonds is 5. The number of nitrogens with zero attached hydrogens (tertiary/aromatic N) is 2. The topological polar surface area (TPSA) is 35.6 Å². The lowest BCUT2D eigenvalue weighted by Gasteiger charge is -2.23. The van der Waals surface area contributed by atoms with Crippen LogP contribution in [0.25, 0.3) is 0 Å². The van der Waals surface area contributed by atoms with Gasteiger partial charge in [-0.25, -0.2) is 4.79 Å². The van der Waals surface area contributed by atoms with Crippen LogP contribution in [0, 0.1) is 5.92 Å². The maximum atomic E-state index is 12.4. The van der Waals surface area contributed by atoms with Crippen LogP contribution in [0.2, 0.25) is 0 Å². The molecule has 2 rings (SSSR count). The molecule has 4 nitrogen and oxygen atoms in total. The predicted octanol–water partition coefficient (Wildman–Crippen LogP) is 3.36. The summed E-state index contributed by atoms with van der Waals surface area (Å²) in [6.45, 7) is 4.75. The minimum absolute atomic E-state index is 0.0237. The van der Waals surface area contributed by atoms with Gasteiger partial charge in [0.1, 0.15) is 0 Å². The Labute approximate surface area is 131 Å². The van der Waals surface area contributed by atoms with Gasteiger partial charge in [-0.2, -0.15) is 11.8 Å². The fraction of sp³-hybridized carbons (Fsp3) is 0.562. The van der Waals surface area contributed by atoms with Crippen LogP contribution in [0.1, 0.15) is 13.3 Å². The summed E-state index contributed by atoms with van der Waals surface area (Å²) in [4.78, 5) is 16.5. The molecule has 1 unspecified atom stereocenters. The number of anilines is 2. The minimum Gasteiger partial charge on any atom is -0.373 e. The Morgan fingerprint density at radius 1 is 1.48 bits per heavy atom. The number of hydrogen-bond acceptors (Lipinski definition) is 3. The van der Waals surface area contributed by atoms with Gasteiger partial charge in [0.15, 0.2) is 0 Å². The van der Waals surface area contributed by atoms with Crippen molar-refractivity contribution in [2.24, 2.45) is 5.92 Å². The zero-order valence-electron chi connectivity index (χ0n) is 13.1. The molecule has 1 aliphatic heterocycles. The SMILES string of the molecule is CCN(C)c1ccccc1NC(=O)N1CCC(CSC)C1. The second kappa shape index (κ2) is 7.59. The second-order valence-corrected chi connectivity index (χ2v) is 6.43. The van der Waals surface area contributed by atoms with Crippen LogP contribution in [-0.4, -0.2) is 49.6 Å². The van der Waals surface area contributed by atoms with Gasteiger partial charge in [0, 0.05) is 26.7 Å². The van der Waals surface area contributed by atoms with Crippen LogP contribution >= 0.6 is 11.8 Å². The van der Waals surface area contributed by atoms with Gasteiger partial charge in [-0.15, -0.1) is 0 Å². The maximum Gasteiger partial charge on any atom is 0.321 e. The molecule has 0 spiro atoms. The van der Waals surface area contributed by atoms with E-state index in [2.05, 4.69) is 23.4 Å². The van der Waals surface area contributed by atoms with Crippen LogP contribution < -0.4 is 10.2 Å². The number of carbonyl (C=O) groups is 1. The number of carbonyl (C=O) groups excluding carboxylic acids is 1. The van der Waals surface area contributed by atoms with Gasteiger partial charge >= 0.3 is 6.03 Å². The zero-order chi connectivity index (χ0) is 15.2. The van der Waals surface area contributed by atoms with Gasteiger partial charge in [0.2, 0.25) is 0 Å². The fourth-order valence-electron chi connectivity index (χ4n) is 2.67. The van der Waals surface area contributed by atoms with Crippen molar-refractivity contribution < 1.29 is 4.79 Å². The van der Waals surface area contributed by atoms with Crippen LogP contribution in [-0.2, 0) is 0 Å². The van der Waals surface area contributed by atoms with Crippen molar-refractivity contribution in [3.63, 3.8) is 0 Å². The van der Waals surface area contributed by atoms with E-state index in [-0.39, 0.29) is 6.03 Å². The van der Waals surface area contributed by atoms with Crippen molar-refractivity contribution in [3.05, 3.63) is 24.3 Å². The van der Waals surface area contributed by atoms with Gasteiger partial charge in [0.05, 0.1) is 11.4 Å². The molecule has 5 heteroatoms. The first-order valence-electron chi connectivity index (χ1n) is 7.50. The largest absolute Gasteiger partial charge is 0.373 e. The number of hydrogen-bond donors (Lipinski definition) is 1. The van der Waals surface area contributed by atoms with E-state index in [9.17, 15) is 4.79 Å². The van der Waals surface area contributed by atoms with E-state index in [0.717, 1.165) is 43.2 Å². The Morgan fingerprint density at radius 2 is 2.24 bits per heavy atom. The Kier molecular flexibility index (Phi) is 5.79. The minimum atomic E-state index is 0.0237. The number of thioether (sulfide) groups is 1. The Balaban J connectivity index is 2.00. The highest BCUT2D eigenvalue weighted by molar-refractivity contribution is 7.98. The molecule has 1 aliphatic rings. The third-order valence-corrected chi connectivity index (χ3v) is 4.81. The average Bonchev–Trinajstić information content (AvgIpc) is 2.96. The van der Waals surface area contributed by atoms with Crippen molar-refractivity contribution in [1.82, 2.24) is 4.90 Å². The van der Waals surface area contributed by atoms with E-state index in [4.69, 9.17) is 0 Å². The van der Waals surface area contributed by atoms with Gasteiger partial charge in [-0.3, -0.25) is 0 Å². The molecule has 1 fully saturated rings. The first kappa shape index (κ1) is 16.0. The molecule has 1 aromatic rings. The van der Waals surface area contributed by atoms with E-state index in [1.165, 1.54) is 0 Å². The van der Waals surface area contributed by atoms with Crippen molar-refractivity contribution in [1.29, 1.82) is 0 Å². The molecule has 0 saturated carbocycles. The van der Waals surface area contributed by atoms with Crippen molar-refractivity contribution in [2.75, 3.05) is 48.9 Å². The molecule has 2 amide bonds. The van der Waals surface area contributed by atoms with Crippen LogP contribution in [0.3, 0.4) is 0 Å². The van der Waals surface area contributed by atoms with E-state index in [1.807, 2.05) is 48.0 Å². The lowest BCUT2D eigenvalue weighted by Crippen LogP contribution is -2.33. The molecule has 1 N–H and O–H groups in total. The average molecular weight is 307 g/mol. The lowest BCUT2D eigenvalue weighted by atomic mass is 10.2. The van der Waals surface area contributed by atoms with Crippen molar-refractivity contribution in [3.8, 4) is 0 Å². The van der Waals surface area contributed by atoms with Gasteiger partial charge in [-0.05, 0) is 43.4 Å². The Bertz CT molecular complexity index is 480. The highest BCUT2D eigenvalue weighted by Crippen LogP contribution is 2.26. The van der Waals surface area contributed by atoms with Gasteiger partial charge in [0.25, 0.3) is 0 Å². The van der Waals surface area contributed by atoms with Gasteiger partial charge < -0.3 is 15.1 Å². The standard InChI is InChI=1S/C16H25N3OS/c1-4-18(2)15-8-6-5-7-14(15)17-16(20)19-10-9-13(11-19)12-21-3/h5-8,13H,4,9-12H2,1-3H3,(H,17,20). The van der Waals surface area contributed by atoms with E-state index in [1.54, 1.807) is 0 Å². The summed E-state index contributed by atoms with van der Waals surface area (Å²) in [5.74, 6) is 1.78. The van der Waals surface area contributed by atoms with Gasteiger partial charge in [-0.1, -0.05) is 12.1 Å². The molecule has 21 heavy (non-hydrogen) atoms. The molecule has 116 valence electrons. The summed E-state index contributed by atoms with van der Waals surface area (Å²) in [6, 6.07) is 7.99. The molecule has 0 radical (unpaired) electrons. The van der Waals surface area contributed by atoms with Crippen molar-refractivity contribution in [2.45, 2.75) is 13.3 Å². The molecule has 1 atom stereocenters. The molecular formula is C16H25N3OS. The molecular weight excluding hydrogens is 282 g/mol. The molecule has 1 aromatic carbocycles. The normalized spacial score (nSPS) is 17.9. The molecule has 0 bridgehead atoms. The summed E-state index contributed by atoms with van der Waals surface area (Å²) < 4.78 is 0. The summed E-state index contributed by atoms with van der Waals surface area (Å²) >= 11 is 1.86. The predicted molar refractivity (Wildman–Crippen MR) is 92.5 cm³/mol. The third kappa shape index (κ3) is 4.06. The quantitative estimate of drug-likeness (QED) is 0.906. The smallest absolute Gasteiger partial charge is 0.321 e. The summed E-state index contributed by atoms with van der Waals surface area (Å²) in [6.07, 6.45) is 3.24. The van der Waals surface area contributed by atoms with Crippen LogP contribution in [0.15, 0.2) is 24.3 Å². The lowest BCUT2D eigenvalue weighted by molar-refractivity contribution is 0.221. The number of urea groups is 1. The Morgan fingerprint density at radius 3 is 2.95 bits per heavy atom. The van der Waals surface area contributed by atoms with E-state index >= 15 is 0 Å². The first-order chi connectivity index (χ1) is 10.2. The zero-order valence-corrected chi connectivity index (χ0v) is 13.9. The Hall–Kier alpha value is -1.36. The highest BCUT2D eigenvalue weighted by Gasteiger charge is 2.26. The third-order valence-electron chi connectivity index (χ3n) is 4.01. The van der Waals surface area contributed by atoms with E-state index in [0.29, 0.717) is 5.92 Å². The highest BCUT2D eigenvalue weighted by atomic mass is 32.2. The number of para-hydroxylation sites is 2. The first-order valence-corrected chi connectivity index (χ1v) is 8.90. The second-order valence-electron chi connectivity index (χ2n) is 5.52. The van der Waals surface area contributed by atoms with Crippen LogP contribution in [0.5, 0.6) is 0 Å². The summed E-state index contributed by atoms with van der Waals surface area (Å²) in [5.41, 5.74) is 1.95. The van der Waals surface area contributed by atoms with Crippen LogP contribution in [0.4, 0.5) is 16.2 Å². The van der Waals surface area contributed by atoms with E-state index < -0.39 is 0 Å². The molecule has 0 aliphatic carbocycles. The number of amides is 2.